The van der Waals surface area contributed by atoms with Gasteiger partial charge in [0.15, 0.2) is 6.04 Å². The number of nitrogens with one attached hydrogen (secondary N) is 1. The largest absolute Gasteiger partial charge is 0.289 e. The third kappa shape index (κ3) is 1.92. The van der Waals surface area contributed by atoms with Gasteiger partial charge in [0.25, 0.3) is 5.91 Å². The third-order valence-corrected chi connectivity index (χ3v) is 2.06. The number of nitrogens with zero attached hydrogens (tertiary/aromatic N) is 2. The first-order chi connectivity index (χ1) is 7.31. The van der Waals surface area contributed by atoms with E-state index in [1.54, 1.807) is 17.6 Å². The topological polar surface area (TPSA) is 74.0 Å². The summed E-state index contributed by atoms with van der Waals surface area (Å²) in [5.74, 6) is -0.595. The van der Waals surface area contributed by atoms with Crippen LogP contribution in [-0.2, 0) is 4.79 Å². The molecule has 2 rings (SSSR count). The van der Waals surface area contributed by atoms with Crippen LogP contribution >= 0.6 is 0 Å². The van der Waals surface area contributed by atoms with Crippen LogP contribution in [0.1, 0.15) is 5.56 Å². The van der Waals surface area contributed by atoms with Crippen LogP contribution in [0, 0.1) is 0 Å². The summed E-state index contributed by atoms with van der Waals surface area (Å²) >= 11 is 0. The molecule has 1 heterocycles. The minimum atomic E-state index is -0.776. The molecule has 1 aliphatic rings. The fourth-order valence-corrected chi connectivity index (χ4v) is 1.28. The number of carbonyl (C=O) groups is 1. The Morgan fingerprint density at radius 3 is 3.00 bits per heavy atom. The van der Waals surface area contributed by atoms with Gasteiger partial charge in [-0.25, -0.2) is 5.48 Å². The lowest BCUT2D eigenvalue weighted by Gasteiger charge is -2.00. The molecule has 76 valence electrons. The van der Waals surface area contributed by atoms with Crippen LogP contribution < -0.4 is 5.48 Å². The lowest BCUT2D eigenvalue weighted by Crippen LogP contribution is -2.29. The maximum absolute atomic E-state index is 11.1. The Morgan fingerprint density at radius 2 is 2.20 bits per heavy atom. The van der Waals surface area contributed by atoms with Crippen LogP contribution in [0.5, 0.6) is 0 Å². The summed E-state index contributed by atoms with van der Waals surface area (Å²) in [7, 11) is 0. The maximum Gasteiger partial charge on any atom is 0.274 e. The zero-order valence-corrected chi connectivity index (χ0v) is 7.79. The first-order valence-electron chi connectivity index (χ1n) is 4.43. The van der Waals surface area contributed by atoms with Gasteiger partial charge in [-0.15, -0.1) is 0 Å². The highest BCUT2D eigenvalue weighted by molar-refractivity contribution is 5.84. The molecule has 0 saturated carbocycles. The highest BCUT2D eigenvalue weighted by Gasteiger charge is 2.15. The van der Waals surface area contributed by atoms with E-state index < -0.39 is 11.9 Å². The highest BCUT2D eigenvalue weighted by Crippen LogP contribution is 2.23. The van der Waals surface area contributed by atoms with Crippen molar-refractivity contribution in [2.75, 3.05) is 0 Å². The Bertz CT molecular complexity index is 407. The quantitative estimate of drug-likeness (QED) is 0.538. The van der Waals surface area contributed by atoms with Gasteiger partial charge < -0.3 is 0 Å². The van der Waals surface area contributed by atoms with E-state index in [1.165, 1.54) is 0 Å². The normalized spacial score (nSPS) is 18.1. The summed E-state index contributed by atoms with van der Waals surface area (Å²) in [6, 6.07) is 6.64. The second-order valence-electron chi connectivity index (χ2n) is 3.05. The Kier molecular flexibility index (Phi) is 2.55. The van der Waals surface area contributed by atoms with E-state index in [0.717, 1.165) is 5.56 Å². The second kappa shape index (κ2) is 4.02. The van der Waals surface area contributed by atoms with Gasteiger partial charge in [-0.1, -0.05) is 24.3 Å². The van der Waals surface area contributed by atoms with E-state index in [2.05, 4.69) is 10.2 Å². The predicted octanol–water partition coefficient (Wildman–Crippen LogP) is 1.67. The van der Waals surface area contributed by atoms with Crippen LogP contribution in [0.4, 0.5) is 5.69 Å². The summed E-state index contributed by atoms with van der Waals surface area (Å²) in [6.07, 6.45) is 3.34. The van der Waals surface area contributed by atoms with Gasteiger partial charge in [0.2, 0.25) is 0 Å². The molecule has 15 heavy (non-hydrogen) atoms. The molecule has 0 spiro atoms. The molecular weight excluding hydrogens is 194 g/mol. The van der Waals surface area contributed by atoms with Gasteiger partial charge in [-0.2, -0.15) is 10.2 Å². The molecule has 1 aromatic rings. The number of azo groups is 1. The Balaban J connectivity index is 2.34. The number of carbonyl (C=O) groups excluding carboxylic acids is 1. The summed E-state index contributed by atoms with van der Waals surface area (Å²) < 4.78 is 0. The molecule has 0 saturated heterocycles. The van der Waals surface area contributed by atoms with Crippen molar-refractivity contribution >= 4 is 17.7 Å². The number of hydrogen-bond donors (Lipinski definition) is 2. The molecule has 0 fully saturated rings. The molecule has 0 aliphatic carbocycles. The van der Waals surface area contributed by atoms with E-state index in [4.69, 9.17) is 5.21 Å². The van der Waals surface area contributed by atoms with Crippen molar-refractivity contribution in [3.05, 3.63) is 35.9 Å². The average molecular weight is 203 g/mol. The molecule has 1 aliphatic heterocycles. The van der Waals surface area contributed by atoms with Crippen LogP contribution in [0.15, 0.2) is 40.6 Å². The summed E-state index contributed by atoms with van der Waals surface area (Å²) in [5.41, 5.74) is 3.15. The number of hydrogen-bond acceptors (Lipinski definition) is 4. The van der Waals surface area contributed by atoms with Gasteiger partial charge in [-0.3, -0.25) is 10.0 Å². The van der Waals surface area contributed by atoms with Gasteiger partial charge in [-0.05, 0) is 12.1 Å². The molecule has 1 unspecified atom stereocenters. The van der Waals surface area contributed by atoms with E-state index in [-0.39, 0.29) is 0 Å². The molecule has 0 radical (unpaired) electrons. The molecule has 0 aromatic heterocycles. The smallest absolute Gasteiger partial charge is 0.274 e. The van der Waals surface area contributed by atoms with Gasteiger partial charge in [0.05, 0.1) is 5.69 Å². The zero-order valence-electron chi connectivity index (χ0n) is 7.79. The fourth-order valence-electron chi connectivity index (χ4n) is 1.28. The van der Waals surface area contributed by atoms with Gasteiger partial charge >= 0.3 is 0 Å². The number of benzene rings is 1. The number of hydroxylamine groups is 1. The summed E-state index contributed by atoms with van der Waals surface area (Å²) in [6.45, 7) is 0. The lowest BCUT2D eigenvalue weighted by atomic mass is 10.1. The van der Waals surface area contributed by atoms with Crippen molar-refractivity contribution in [2.24, 2.45) is 10.2 Å². The Hall–Kier alpha value is -2.01. The molecule has 1 amide bonds. The van der Waals surface area contributed by atoms with Crippen LogP contribution in [0.2, 0.25) is 0 Å². The first-order valence-corrected chi connectivity index (χ1v) is 4.43. The SMILES string of the molecule is O=C(NO)C1C=Cc2ccccc2N=N1. The molecule has 1 aromatic carbocycles. The minimum absolute atomic E-state index is 0.595. The molecular formula is C10H9N3O2. The predicted molar refractivity (Wildman–Crippen MR) is 53.7 cm³/mol. The van der Waals surface area contributed by atoms with Crippen LogP contribution in [0.25, 0.3) is 6.08 Å². The minimum Gasteiger partial charge on any atom is -0.289 e. The van der Waals surface area contributed by atoms with Crippen molar-refractivity contribution < 1.29 is 10.0 Å². The van der Waals surface area contributed by atoms with Crippen molar-refractivity contribution in [3.8, 4) is 0 Å². The molecule has 0 bridgehead atoms. The molecule has 5 nitrogen and oxygen atoms in total. The highest BCUT2D eigenvalue weighted by atomic mass is 16.5. The number of fused-ring (bicyclic) bond motifs is 1. The Labute approximate surface area is 86.1 Å². The van der Waals surface area contributed by atoms with Crippen molar-refractivity contribution in [3.63, 3.8) is 0 Å². The van der Waals surface area contributed by atoms with Crippen LogP contribution in [0.3, 0.4) is 0 Å². The molecule has 2 N–H and O–H groups in total. The van der Waals surface area contributed by atoms with Gasteiger partial charge in [0.1, 0.15) is 0 Å². The zero-order chi connectivity index (χ0) is 10.7. The second-order valence-corrected chi connectivity index (χ2v) is 3.05. The van der Waals surface area contributed by atoms with E-state index >= 15 is 0 Å². The summed E-state index contributed by atoms with van der Waals surface area (Å²) in [5, 5.41) is 16.2. The van der Waals surface area contributed by atoms with Crippen molar-refractivity contribution in [2.45, 2.75) is 6.04 Å². The lowest BCUT2D eigenvalue weighted by molar-refractivity contribution is -0.129. The number of rotatable bonds is 1. The molecule has 5 heteroatoms. The van der Waals surface area contributed by atoms with Crippen LogP contribution in [-0.4, -0.2) is 17.2 Å². The standard InChI is InChI=1S/C10H9N3O2/c14-10(13-15)9-6-5-7-3-1-2-4-8(7)11-12-9/h1-6,9,15H,(H,13,14). The van der Waals surface area contributed by atoms with Crippen molar-refractivity contribution in [1.29, 1.82) is 0 Å². The molecule has 1 atom stereocenters. The van der Waals surface area contributed by atoms with Gasteiger partial charge in [0, 0.05) is 5.56 Å². The van der Waals surface area contributed by atoms with Crippen molar-refractivity contribution in [1.82, 2.24) is 5.48 Å². The average Bonchev–Trinajstić information content (AvgIpc) is 2.50. The van der Waals surface area contributed by atoms with E-state index in [1.807, 2.05) is 24.3 Å². The first kappa shape index (κ1) is 9.54. The maximum atomic E-state index is 11.1. The fraction of sp³-hybridized carbons (Fsp3) is 0.100. The number of amides is 1. The third-order valence-electron chi connectivity index (χ3n) is 2.06. The Morgan fingerprint density at radius 1 is 1.40 bits per heavy atom. The summed E-state index contributed by atoms with van der Waals surface area (Å²) in [4.78, 5) is 11.1. The van der Waals surface area contributed by atoms with E-state index in [0.29, 0.717) is 5.69 Å². The van der Waals surface area contributed by atoms with E-state index in [9.17, 15) is 4.79 Å². The monoisotopic (exact) mass is 203 g/mol.